The van der Waals surface area contributed by atoms with Gasteiger partial charge in [-0.2, -0.15) is 0 Å². The molecule has 0 radical (unpaired) electrons. The minimum Gasteiger partial charge on any atom is -0.369 e. The summed E-state index contributed by atoms with van der Waals surface area (Å²) in [5.74, 6) is -0.544. The minimum atomic E-state index is -0.532. The number of para-hydroxylation sites is 1. The van der Waals surface area contributed by atoms with E-state index in [-0.39, 0.29) is 23.3 Å². The van der Waals surface area contributed by atoms with Gasteiger partial charge in [0.15, 0.2) is 0 Å². The number of pyridine rings is 1. The number of hydrogen-bond acceptors (Lipinski definition) is 3. The highest BCUT2D eigenvalue weighted by atomic mass is 16.1. The number of nitrogens with zero attached hydrogens (tertiary/aromatic N) is 1. The average molecular weight is 313 g/mol. The number of carbonyl (C=O) groups is 1. The van der Waals surface area contributed by atoms with Crippen molar-refractivity contribution in [1.82, 2.24) is 9.88 Å². The van der Waals surface area contributed by atoms with Gasteiger partial charge >= 0.3 is 0 Å². The molecule has 3 atom stereocenters. The first kappa shape index (κ1) is 15.7. The van der Waals surface area contributed by atoms with E-state index in [4.69, 9.17) is 5.73 Å². The van der Waals surface area contributed by atoms with Crippen LogP contribution in [0.4, 0.5) is 0 Å². The SMILES string of the molecule is CC1C(C(N)=O)CCN(C)C1(C)c1cc2ccccc2[nH]c1=O. The zero-order valence-electron chi connectivity index (χ0n) is 13.8. The Morgan fingerprint density at radius 2 is 2.09 bits per heavy atom. The molecule has 3 unspecified atom stereocenters. The van der Waals surface area contributed by atoms with Gasteiger partial charge < -0.3 is 10.7 Å². The molecule has 0 bridgehead atoms. The van der Waals surface area contributed by atoms with Crippen LogP contribution in [-0.2, 0) is 10.3 Å². The molecule has 122 valence electrons. The predicted molar refractivity (Wildman–Crippen MR) is 91.0 cm³/mol. The molecule has 2 heterocycles. The molecule has 0 aliphatic carbocycles. The Hall–Kier alpha value is -2.14. The number of likely N-dealkylation sites (tertiary alicyclic amines) is 1. The van der Waals surface area contributed by atoms with E-state index in [9.17, 15) is 9.59 Å². The van der Waals surface area contributed by atoms with Crippen LogP contribution in [0.5, 0.6) is 0 Å². The molecule has 1 aliphatic rings. The van der Waals surface area contributed by atoms with Crippen molar-refractivity contribution < 1.29 is 4.79 Å². The van der Waals surface area contributed by atoms with Crippen molar-refractivity contribution in [1.29, 1.82) is 0 Å². The Bertz CT molecular complexity index is 813. The first-order chi connectivity index (χ1) is 10.9. The molecule has 5 nitrogen and oxygen atoms in total. The Labute approximate surface area is 135 Å². The second kappa shape index (κ2) is 5.49. The first-order valence-corrected chi connectivity index (χ1v) is 7.98. The summed E-state index contributed by atoms with van der Waals surface area (Å²) in [7, 11) is 2.00. The quantitative estimate of drug-likeness (QED) is 0.887. The number of benzene rings is 1. The Morgan fingerprint density at radius 3 is 2.78 bits per heavy atom. The van der Waals surface area contributed by atoms with E-state index in [0.29, 0.717) is 5.56 Å². The lowest BCUT2D eigenvalue weighted by atomic mass is 9.69. The average Bonchev–Trinajstić information content (AvgIpc) is 2.51. The van der Waals surface area contributed by atoms with Crippen molar-refractivity contribution in [3.05, 3.63) is 46.2 Å². The van der Waals surface area contributed by atoms with Gasteiger partial charge in [-0.1, -0.05) is 25.1 Å². The molecule has 1 fully saturated rings. The van der Waals surface area contributed by atoms with Crippen LogP contribution >= 0.6 is 0 Å². The molecule has 1 amide bonds. The number of piperidine rings is 1. The normalized spacial score (nSPS) is 28.8. The third kappa shape index (κ3) is 2.36. The van der Waals surface area contributed by atoms with Crippen molar-refractivity contribution in [2.24, 2.45) is 17.6 Å². The van der Waals surface area contributed by atoms with Gasteiger partial charge in [-0.05, 0) is 50.4 Å². The van der Waals surface area contributed by atoms with Gasteiger partial charge in [-0.3, -0.25) is 14.5 Å². The summed E-state index contributed by atoms with van der Waals surface area (Å²) >= 11 is 0. The molecule has 3 N–H and O–H groups in total. The summed E-state index contributed by atoms with van der Waals surface area (Å²) in [6.07, 6.45) is 0.730. The molecule has 1 aromatic carbocycles. The zero-order chi connectivity index (χ0) is 16.8. The van der Waals surface area contributed by atoms with E-state index in [1.807, 2.05) is 51.2 Å². The number of aromatic nitrogens is 1. The number of amides is 1. The summed E-state index contributed by atoms with van der Waals surface area (Å²) in [5.41, 5.74) is 6.47. The molecular weight excluding hydrogens is 290 g/mol. The van der Waals surface area contributed by atoms with Gasteiger partial charge in [-0.25, -0.2) is 0 Å². The minimum absolute atomic E-state index is 0.0407. The highest BCUT2D eigenvalue weighted by Crippen LogP contribution is 2.42. The third-order valence-corrected chi connectivity index (χ3v) is 5.72. The fourth-order valence-corrected chi connectivity index (χ4v) is 3.92. The van der Waals surface area contributed by atoms with Crippen LogP contribution in [0.1, 0.15) is 25.8 Å². The lowest BCUT2D eigenvalue weighted by Crippen LogP contribution is -2.57. The van der Waals surface area contributed by atoms with E-state index < -0.39 is 5.54 Å². The lowest BCUT2D eigenvalue weighted by molar-refractivity contribution is -0.129. The van der Waals surface area contributed by atoms with Crippen molar-refractivity contribution >= 4 is 16.8 Å². The van der Waals surface area contributed by atoms with E-state index >= 15 is 0 Å². The molecule has 0 spiro atoms. The van der Waals surface area contributed by atoms with Crippen LogP contribution in [0.2, 0.25) is 0 Å². The maximum Gasteiger partial charge on any atom is 0.253 e. The number of rotatable bonds is 2. The van der Waals surface area contributed by atoms with E-state index in [2.05, 4.69) is 9.88 Å². The highest BCUT2D eigenvalue weighted by Gasteiger charge is 2.47. The number of H-pyrrole nitrogens is 1. The number of hydrogen-bond donors (Lipinski definition) is 2. The predicted octanol–water partition coefficient (Wildman–Crippen LogP) is 1.82. The number of carbonyl (C=O) groups excluding carboxylic acids is 1. The molecule has 3 rings (SSSR count). The molecule has 5 heteroatoms. The van der Waals surface area contributed by atoms with Crippen LogP contribution in [-0.4, -0.2) is 29.4 Å². The van der Waals surface area contributed by atoms with Crippen molar-refractivity contribution in [3.63, 3.8) is 0 Å². The maximum atomic E-state index is 12.7. The number of nitrogens with two attached hydrogens (primary N) is 1. The van der Waals surface area contributed by atoms with Crippen LogP contribution < -0.4 is 11.3 Å². The summed E-state index contributed by atoms with van der Waals surface area (Å²) in [5, 5.41) is 0.991. The number of aromatic amines is 1. The lowest BCUT2D eigenvalue weighted by Gasteiger charge is -2.50. The van der Waals surface area contributed by atoms with Crippen molar-refractivity contribution in [2.45, 2.75) is 25.8 Å². The number of primary amides is 1. The van der Waals surface area contributed by atoms with Gasteiger partial charge in [0.2, 0.25) is 5.91 Å². The van der Waals surface area contributed by atoms with Gasteiger partial charge in [0, 0.05) is 17.0 Å². The third-order valence-electron chi connectivity index (χ3n) is 5.72. The molecule has 23 heavy (non-hydrogen) atoms. The van der Waals surface area contributed by atoms with Crippen LogP contribution in [0.25, 0.3) is 10.9 Å². The Balaban J connectivity index is 2.19. The van der Waals surface area contributed by atoms with Crippen molar-refractivity contribution in [3.8, 4) is 0 Å². The standard InChI is InChI=1S/C18H23N3O2/c1-11-13(16(19)22)8-9-21(3)18(11,2)14-10-12-6-4-5-7-15(12)20-17(14)23/h4-7,10-11,13H,8-9H2,1-3H3,(H2,19,22)(H,20,23). The molecule has 1 aliphatic heterocycles. The first-order valence-electron chi connectivity index (χ1n) is 7.98. The summed E-state index contributed by atoms with van der Waals surface area (Å²) in [4.78, 5) is 29.6. The van der Waals surface area contributed by atoms with E-state index in [1.54, 1.807) is 0 Å². The van der Waals surface area contributed by atoms with Gasteiger partial charge in [0.1, 0.15) is 0 Å². The second-order valence-corrected chi connectivity index (χ2v) is 6.75. The van der Waals surface area contributed by atoms with Crippen LogP contribution in [0.15, 0.2) is 35.1 Å². The molecule has 1 aromatic heterocycles. The van der Waals surface area contributed by atoms with Crippen molar-refractivity contribution in [2.75, 3.05) is 13.6 Å². The maximum absolute atomic E-state index is 12.7. The van der Waals surface area contributed by atoms with Gasteiger partial charge in [0.05, 0.1) is 5.54 Å². The van der Waals surface area contributed by atoms with Crippen LogP contribution in [0.3, 0.4) is 0 Å². The van der Waals surface area contributed by atoms with E-state index in [1.165, 1.54) is 0 Å². The summed E-state index contributed by atoms with van der Waals surface area (Å²) in [6, 6.07) is 9.68. The summed E-state index contributed by atoms with van der Waals surface area (Å²) in [6.45, 7) is 4.78. The van der Waals surface area contributed by atoms with E-state index in [0.717, 1.165) is 23.9 Å². The topological polar surface area (TPSA) is 79.2 Å². The smallest absolute Gasteiger partial charge is 0.253 e. The molecular formula is C18H23N3O2. The van der Waals surface area contributed by atoms with Crippen LogP contribution in [0, 0.1) is 11.8 Å². The zero-order valence-corrected chi connectivity index (χ0v) is 13.8. The number of fused-ring (bicyclic) bond motifs is 1. The molecule has 1 saturated heterocycles. The largest absolute Gasteiger partial charge is 0.369 e. The summed E-state index contributed by atoms with van der Waals surface area (Å²) < 4.78 is 0. The fourth-order valence-electron chi connectivity index (χ4n) is 3.92. The van der Waals surface area contributed by atoms with Gasteiger partial charge in [-0.15, -0.1) is 0 Å². The monoisotopic (exact) mass is 313 g/mol. The molecule has 2 aromatic rings. The fraction of sp³-hybridized carbons (Fsp3) is 0.444. The second-order valence-electron chi connectivity index (χ2n) is 6.75. The van der Waals surface area contributed by atoms with Gasteiger partial charge in [0.25, 0.3) is 5.56 Å². The Morgan fingerprint density at radius 1 is 1.39 bits per heavy atom. The number of nitrogens with one attached hydrogen (secondary N) is 1. The molecule has 0 saturated carbocycles. The Kier molecular flexibility index (Phi) is 3.76. The highest BCUT2D eigenvalue weighted by molar-refractivity contribution is 5.79.